The van der Waals surface area contributed by atoms with Crippen molar-refractivity contribution < 1.29 is 4.79 Å². The first kappa shape index (κ1) is 15.7. The van der Waals surface area contributed by atoms with Gasteiger partial charge in [0.1, 0.15) is 6.33 Å². The third kappa shape index (κ3) is 3.57. The van der Waals surface area contributed by atoms with E-state index in [9.17, 15) is 4.79 Å². The minimum absolute atomic E-state index is 0.0874. The summed E-state index contributed by atoms with van der Waals surface area (Å²) in [6.45, 7) is 3.90. The lowest BCUT2D eigenvalue weighted by Gasteiger charge is -2.15. The van der Waals surface area contributed by atoms with Gasteiger partial charge in [-0.3, -0.25) is 0 Å². The first-order valence-electron chi connectivity index (χ1n) is 7.60. The van der Waals surface area contributed by atoms with Crippen LogP contribution >= 0.6 is 0 Å². The number of amides is 2. The first-order valence-corrected chi connectivity index (χ1v) is 7.60. The highest BCUT2D eigenvalue weighted by Gasteiger charge is 2.10. The van der Waals surface area contributed by atoms with E-state index < -0.39 is 0 Å². The van der Waals surface area contributed by atoms with Crippen LogP contribution in [0.5, 0.6) is 0 Å². The van der Waals surface area contributed by atoms with Gasteiger partial charge in [0.05, 0.1) is 11.7 Å². The number of nitrogens with zero attached hydrogens (tertiary/aromatic N) is 4. The van der Waals surface area contributed by atoms with Gasteiger partial charge in [-0.25, -0.2) is 9.48 Å². The molecule has 2 aromatic carbocycles. The van der Waals surface area contributed by atoms with Crippen LogP contribution < -0.4 is 10.6 Å². The van der Waals surface area contributed by atoms with Gasteiger partial charge < -0.3 is 10.6 Å². The van der Waals surface area contributed by atoms with Crippen LogP contribution in [-0.2, 0) is 0 Å². The van der Waals surface area contributed by atoms with Crippen molar-refractivity contribution in [3.05, 3.63) is 66.0 Å². The maximum atomic E-state index is 12.2. The maximum absolute atomic E-state index is 12.2. The number of hydrogen-bond donors (Lipinski definition) is 2. The molecule has 3 aromatic rings. The lowest BCUT2D eigenvalue weighted by Crippen LogP contribution is -2.31. The van der Waals surface area contributed by atoms with Crippen molar-refractivity contribution >= 4 is 11.7 Å². The van der Waals surface area contributed by atoms with Crippen LogP contribution in [0.25, 0.3) is 5.69 Å². The molecule has 7 nitrogen and oxygen atoms in total. The summed E-state index contributed by atoms with van der Waals surface area (Å²) in [7, 11) is 0. The van der Waals surface area contributed by atoms with Crippen molar-refractivity contribution in [1.82, 2.24) is 25.5 Å². The summed E-state index contributed by atoms with van der Waals surface area (Å²) in [5.74, 6) is 0. The fourth-order valence-corrected chi connectivity index (χ4v) is 2.39. The van der Waals surface area contributed by atoms with E-state index in [4.69, 9.17) is 0 Å². The smallest absolute Gasteiger partial charge is 0.319 e. The standard InChI is InChI=1S/C17H18N6O/c1-12-8-9-15(10-16(12)23-11-18-21-22-23)20-17(24)19-13(2)14-6-4-3-5-7-14/h3-11,13H,1-2H3,(H2,19,20,24)/t13-/m0/s1. The van der Waals surface area contributed by atoms with Crippen molar-refractivity contribution in [2.45, 2.75) is 19.9 Å². The Hall–Kier alpha value is -3.22. The molecule has 1 atom stereocenters. The number of aryl methyl sites for hydroxylation is 1. The molecule has 0 aliphatic heterocycles. The van der Waals surface area contributed by atoms with E-state index in [1.54, 1.807) is 4.68 Å². The van der Waals surface area contributed by atoms with Gasteiger partial charge in [-0.05, 0) is 47.5 Å². The zero-order valence-electron chi connectivity index (χ0n) is 13.5. The van der Waals surface area contributed by atoms with Crippen LogP contribution in [0.1, 0.15) is 24.1 Å². The Balaban J connectivity index is 1.70. The van der Waals surface area contributed by atoms with Gasteiger partial charge >= 0.3 is 6.03 Å². The zero-order valence-corrected chi connectivity index (χ0v) is 13.5. The summed E-state index contributed by atoms with van der Waals surface area (Å²) < 4.78 is 1.56. The molecule has 0 spiro atoms. The Morgan fingerprint density at radius 2 is 1.96 bits per heavy atom. The van der Waals surface area contributed by atoms with E-state index in [0.717, 1.165) is 16.8 Å². The number of tetrazole rings is 1. The number of benzene rings is 2. The Morgan fingerprint density at radius 3 is 2.67 bits per heavy atom. The zero-order chi connectivity index (χ0) is 16.9. The highest BCUT2D eigenvalue weighted by molar-refractivity contribution is 5.89. The Kier molecular flexibility index (Phi) is 4.51. The van der Waals surface area contributed by atoms with Gasteiger partial charge in [0.2, 0.25) is 0 Å². The molecule has 0 unspecified atom stereocenters. The third-order valence-corrected chi connectivity index (χ3v) is 3.71. The van der Waals surface area contributed by atoms with Crippen molar-refractivity contribution in [3.63, 3.8) is 0 Å². The molecular formula is C17H18N6O. The van der Waals surface area contributed by atoms with Gasteiger partial charge in [0, 0.05) is 5.69 Å². The monoisotopic (exact) mass is 322 g/mol. The molecule has 0 fully saturated rings. The average Bonchev–Trinajstić information content (AvgIpc) is 3.11. The Labute approximate surface area is 139 Å². The fourth-order valence-electron chi connectivity index (χ4n) is 2.39. The fraction of sp³-hybridized carbons (Fsp3) is 0.176. The van der Waals surface area contributed by atoms with E-state index >= 15 is 0 Å². The van der Waals surface area contributed by atoms with Crippen LogP contribution in [0.2, 0.25) is 0 Å². The Morgan fingerprint density at radius 1 is 1.17 bits per heavy atom. The van der Waals surface area contributed by atoms with Crippen molar-refractivity contribution in [1.29, 1.82) is 0 Å². The van der Waals surface area contributed by atoms with Crippen LogP contribution in [0, 0.1) is 6.92 Å². The summed E-state index contributed by atoms with van der Waals surface area (Å²) in [6, 6.07) is 15.0. The van der Waals surface area contributed by atoms with E-state index in [1.807, 2.05) is 62.4 Å². The van der Waals surface area contributed by atoms with Crippen LogP contribution in [0.15, 0.2) is 54.9 Å². The van der Waals surface area contributed by atoms with E-state index in [1.165, 1.54) is 6.33 Å². The topological polar surface area (TPSA) is 84.7 Å². The minimum atomic E-state index is -0.266. The third-order valence-electron chi connectivity index (χ3n) is 3.71. The normalized spacial score (nSPS) is 11.8. The average molecular weight is 322 g/mol. The molecule has 1 heterocycles. The Bertz CT molecular complexity index is 816. The lowest BCUT2D eigenvalue weighted by atomic mass is 10.1. The molecule has 0 saturated carbocycles. The molecule has 1 aromatic heterocycles. The minimum Gasteiger partial charge on any atom is -0.331 e. The van der Waals surface area contributed by atoms with Gasteiger partial charge in [-0.2, -0.15) is 0 Å². The maximum Gasteiger partial charge on any atom is 0.319 e. The summed E-state index contributed by atoms with van der Waals surface area (Å²) in [5.41, 5.74) is 3.54. The second-order valence-electron chi connectivity index (χ2n) is 5.49. The van der Waals surface area contributed by atoms with Crippen LogP contribution in [0.3, 0.4) is 0 Å². The van der Waals surface area contributed by atoms with Gasteiger partial charge in [-0.1, -0.05) is 36.4 Å². The van der Waals surface area contributed by atoms with Gasteiger partial charge in [-0.15, -0.1) is 5.10 Å². The largest absolute Gasteiger partial charge is 0.331 e. The van der Waals surface area contributed by atoms with E-state index in [-0.39, 0.29) is 12.1 Å². The molecule has 0 radical (unpaired) electrons. The molecule has 122 valence electrons. The number of hydrogen-bond acceptors (Lipinski definition) is 4. The molecule has 0 aliphatic rings. The molecule has 2 amide bonds. The number of carbonyl (C=O) groups is 1. The molecule has 24 heavy (non-hydrogen) atoms. The predicted octanol–water partition coefficient (Wildman–Crippen LogP) is 2.85. The highest BCUT2D eigenvalue weighted by atomic mass is 16.2. The second-order valence-corrected chi connectivity index (χ2v) is 5.49. The van der Waals surface area contributed by atoms with Crippen LogP contribution in [0.4, 0.5) is 10.5 Å². The number of carbonyl (C=O) groups excluding carboxylic acids is 1. The summed E-state index contributed by atoms with van der Waals surface area (Å²) in [6.07, 6.45) is 1.52. The van der Waals surface area contributed by atoms with Gasteiger partial charge in [0.25, 0.3) is 0 Å². The van der Waals surface area contributed by atoms with E-state index in [2.05, 4.69) is 26.2 Å². The first-order chi connectivity index (χ1) is 11.6. The van der Waals surface area contributed by atoms with Crippen molar-refractivity contribution in [2.24, 2.45) is 0 Å². The molecule has 7 heteroatoms. The number of rotatable bonds is 4. The lowest BCUT2D eigenvalue weighted by molar-refractivity contribution is 0.249. The molecule has 0 aliphatic carbocycles. The van der Waals surface area contributed by atoms with E-state index in [0.29, 0.717) is 5.69 Å². The SMILES string of the molecule is Cc1ccc(NC(=O)N[C@@H](C)c2ccccc2)cc1-n1cnnn1. The summed E-state index contributed by atoms with van der Waals surface area (Å²) in [4.78, 5) is 12.2. The van der Waals surface area contributed by atoms with Crippen molar-refractivity contribution in [3.8, 4) is 5.69 Å². The molecular weight excluding hydrogens is 304 g/mol. The number of urea groups is 1. The van der Waals surface area contributed by atoms with Gasteiger partial charge in [0.15, 0.2) is 0 Å². The molecule has 2 N–H and O–H groups in total. The molecule has 0 bridgehead atoms. The number of anilines is 1. The van der Waals surface area contributed by atoms with Crippen molar-refractivity contribution in [2.75, 3.05) is 5.32 Å². The number of aromatic nitrogens is 4. The second kappa shape index (κ2) is 6.91. The summed E-state index contributed by atoms with van der Waals surface area (Å²) >= 11 is 0. The quantitative estimate of drug-likeness (QED) is 0.773. The molecule has 0 saturated heterocycles. The highest BCUT2D eigenvalue weighted by Crippen LogP contribution is 2.18. The number of nitrogens with one attached hydrogen (secondary N) is 2. The summed E-state index contributed by atoms with van der Waals surface area (Å²) in [5, 5.41) is 16.9. The molecule has 3 rings (SSSR count). The van der Waals surface area contributed by atoms with Crippen LogP contribution in [-0.4, -0.2) is 26.2 Å². The predicted molar refractivity (Wildman–Crippen MR) is 90.9 cm³/mol.